The zero-order chi connectivity index (χ0) is 12.4. The molecule has 0 bridgehead atoms. The van der Waals surface area contributed by atoms with Crippen molar-refractivity contribution >= 4 is 66.4 Å². The highest BCUT2D eigenvalue weighted by atomic mass is 79.9. The van der Waals surface area contributed by atoms with Gasteiger partial charge in [-0.15, -0.1) is 22.9 Å². The van der Waals surface area contributed by atoms with Crippen LogP contribution in [0.5, 0.6) is 0 Å². The Morgan fingerprint density at radius 3 is 2.35 bits per heavy atom. The first-order chi connectivity index (χ1) is 8.06. The first-order valence-corrected chi connectivity index (χ1v) is 8.11. The molecular weight excluding hydrogens is 407 g/mol. The number of benzene rings is 1. The molecule has 0 spiro atoms. The quantitative estimate of drug-likeness (QED) is 0.506. The van der Waals surface area contributed by atoms with Crippen molar-refractivity contribution in [2.45, 2.75) is 11.8 Å². The van der Waals surface area contributed by atoms with E-state index in [1.165, 1.54) is 16.9 Å². The molecule has 2 aromatic rings. The van der Waals surface area contributed by atoms with Gasteiger partial charge in [-0.2, -0.15) is 0 Å². The second kappa shape index (κ2) is 6.07. The Morgan fingerprint density at radius 2 is 1.82 bits per heavy atom. The van der Waals surface area contributed by atoms with Gasteiger partial charge in [0.05, 0.1) is 5.38 Å². The minimum Gasteiger partial charge on any atom is -0.126 e. The van der Waals surface area contributed by atoms with Crippen LogP contribution in [-0.4, -0.2) is 0 Å². The van der Waals surface area contributed by atoms with E-state index in [1.54, 1.807) is 0 Å². The Hall–Kier alpha value is 0.460. The molecule has 0 fully saturated rings. The normalized spacial score (nSPS) is 12.7. The summed E-state index contributed by atoms with van der Waals surface area (Å²) in [6.07, 6.45) is 0.804. The number of rotatable bonds is 3. The van der Waals surface area contributed by atoms with Crippen LogP contribution in [-0.2, 0) is 6.42 Å². The predicted molar refractivity (Wildman–Crippen MR) is 83.5 cm³/mol. The summed E-state index contributed by atoms with van der Waals surface area (Å²) < 4.78 is 2.75. The van der Waals surface area contributed by atoms with Crippen LogP contribution in [0.15, 0.2) is 39.3 Å². The molecule has 1 unspecified atom stereocenters. The van der Waals surface area contributed by atoms with Crippen LogP contribution >= 0.6 is 66.4 Å². The highest BCUT2D eigenvalue weighted by Crippen LogP contribution is 2.38. The van der Waals surface area contributed by atoms with Gasteiger partial charge in [0.1, 0.15) is 4.34 Å². The van der Waals surface area contributed by atoms with Crippen LogP contribution in [0.3, 0.4) is 0 Å². The summed E-state index contributed by atoms with van der Waals surface area (Å²) in [7, 11) is 0. The lowest BCUT2D eigenvalue weighted by molar-refractivity contribution is 0.939. The van der Waals surface area contributed by atoms with Crippen molar-refractivity contribution in [1.29, 1.82) is 0 Å². The molecule has 0 radical (unpaired) electrons. The maximum absolute atomic E-state index is 6.39. The van der Waals surface area contributed by atoms with Crippen LogP contribution in [0, 0.1) is 0 Å². The first kappa shape index (κ1) is 13.9. The lowest BCUT2D eigenvalue weighted by Crippen LogP contribution is -1.92. The van der Waals surface area contributed by atoms with Gasteiger partial charge in [-0.05, 0) is 46.1 Å². The van der Waals surface area contributed by atoms with E-state index >= 15 is 0 Å². The van der Waals surface area contributed by atoms with Crippen molar-refractivity contribution in [3.05, 3.63) is 54.1 Å². The molecule has 1 aromatic carbocycles. The zero-order valence-corrected chi connectivity index (χ0v) is 14.1. The third-order valence-electron chi connectivity index (χ3n) is 2.30. The van der Waals surface area contributed by atoms with Crippen LogP contribution < -0.4 is 0 Å². The molecular formula is C12H8Br2Cl2S. The van der Waals surface area contributed by atoms with Crippen LogP contribution in [0.2, 0.25) is 4.34 Å². The maximum Gasteiger partial charge on any atom is 0.107 e. The summed E-state index contributed by atoms with van der Waals surface area (Å²) in [5.41, 5.74) is 1.22. The fourth-order valence-electron chi connectivity index (χ4n) is 1.45. The van der Waals surface area contributed by atoms with Gasteiger partial charge in [-0.25, -0.2) is 0 Å². The number of alkyl halides is 1. The standard InChI is InChI=1S/C12H8Br2Cl2S/c13-8-3-1-7(2-4-8)5-10(15)11-6-9(14)12(16)17-11/h1-4,6,10H,5H2. The molecule has 17 heavy (non-hydrogen) atoms. The van der Waals surface area contributed by atoms with E-state index in [4.69, 9.17) is 23.2 Å². The van der Waals surface area contributed by atoms with Gasteiger partial charge in [-0.1, -0.05) is 39.7 Å². The van der Waals surface area contributed by atoms with E-state index in [0.717, 1.165) is 24.6 Å². The topological polar surface area (TPSA) is 0 Å². The first-order valence-electron chi connectivity index (χ1n) is 4.89. The largest absolute Gasteiger partial charge is 0.126 e. The highest BCUT2D eigenvalue weighted by Gasteiger charge is 2.14. The highest BCUT2D eigenvalue weighted by molar-refractivity contribution is 9.10. The van der Waals surface area contributed by atoms with Gasteiger partial charge in [0.2, 0.25) is 0 Å². The Balaban J connectivity index is 2.11. The molecule has 0 aliphatic rings. The summed E-state index contributed by atoms with van der Waals surface area (Å²) in [4.78, 5) is 1.09. The minimum absolute atomic E-state index is 0.0371. The Labute approximate surface area is 131 Å². The molecule has 2 rings (SSSR count). The summed E-state index contributed by atoms with van der Waals surface area (Å²) >= 11 is 20.7. The maximum atomic E-state index is 6.39. The van der Waals surface area contributed by atoms with Crippen LogP contribution in [0.25, 0.3) is 0 Å². The van der Waals surface area contributed by atoms with Crippen molar-refractivity contribution in [1.82, 2.24) is 0 Å². The average Bonchev–Trinajstić information content (AvgIpc) is 2.63. The fourth-order valence-corrected chi connectivity index (χ4v) is 3.80. The van der Waals surface area contributed by atoms with E-state index < -0.39 is 0 Å². The SMILES string of the molecule is Clc1sc(C(Cl)Cc2ccc(Br)cc2)cc1Br. The summed E-state index contributed by atoms with van der Waals surface area (Å²) in [5, 5.41) is -0.0371. The lowest BCUT2D eigenvalue weighted by atomic mass is 10.1. The molecule has 0 saturated carbocycles. The summed E-state index contributed by atoms with van der Waals surface area (Å²) in [6, 6.07) is 10.2. The average molecular weight is 415 g/mol. The fraction of sp³-hybridized carbons (Fsp3) is 0.167. The Kier molecular flexibility index (Phi) is 4.96. The second-order valence-corrected chi connectivity index (χ2v) is 7.55. The van der Waals surface area contributed by atoms with E-state index in [-0.39, 0.29) is 5.38 Å². The summed E-state index contributed by atoms with van der Waals surface area (Å²) in [6.45, 7) is 0. The molecule has 1 atom stereocenters. The molecule has 0 saturated heterocycles. The minimum atomic E-state index is -0.0371. The molecule has 0 aliphatic carbocycles. The van der Waals surface area contributed by atoms with Crippen molar-refractivity contribution in [3.8, 4) is 0 Å². The summed E-state index contributed by atoms with van der Waals surface area (Å²) in [5.74, 6) is 0. The monoisotopic (exact) mass is 412 g/mol. The van der Waals surface area contributed by atoms with E-state index in [9.17, 15) is 0 Å². The van der Waals surface area contributed by atoms with Gasteiger partial charge < -0.3 is 0 Å². The molecule has 0 nitrogen and oxygen atoms in total. The third kappa shape index (κ3) is 3.71. The van der Waals surface area contributed by atoms with Crippen LogP contribution in [0.1, 0.15) is 15.8 Å². The molecule has 90 valence electrons. The number of halogens is 4. The van der Waals surface area contributed by atoms with E-state index in [1.807, 2.05) is 18.2 Å². The number of hydrogen-bond donors (Lipinski definition) is 0. The Morgan fingerprint density at radius 1 is 1.18 bits per heavy atom. The molecule has 0 amide bonds. The predicted octanol–water partition coefficient (Wildman–Crippen LogP) is 6.45. The van der Waals surface area contributed by atoms with Crippen LogP contribution in [0.4, 0.5) is 0 Å². The van der Waals surface area contributed by atoms with Gasteiger partial charge in [-0.3, -0.25) is 0 Å². The molecule has 1 aromatic heterocycles. The third-order valence-corrected chi connectivity index (χ3v) is 5.94. The second-order valence-electron chi connectivity index (χ2n) is 3.57. The van der Waals surface area contributed by atoms with Crippen molar-refractivity contribution in [3.63, 3.8) is 0 Å². The molecule has 0 aliphatic heterocycles. The van der Waals surface area contributed by atoms with Gasteiger partial charge >= 0.3 is 0 Å². The van der Waals surface area contributed by atoms with Crippen molar-refractivity contribution in [2.24, 2.45) is 0 Å². The van der Waals surface area contributed by atoms with Gasteiger partial charge in [0.25, 0.3) is 0 Å². The van der Waals surface area contributed by atoms with Gasteiger partial charge in [0.15, 0.2) is 0 Å². The molecule has 0 N–H and O–H groups in total. The molecule has 5 heteroatoms. The zero-order valence-electron chi connectivity index (χ0n) is 8.59. The van der Waals surface area contributed by atoms with Crippen molar-refractivity contribution in [2.75, 3.05) is 0 Å². The Bertz CT molecular complexity index is 488. The number of hydrogen-bond acceptors (Lipinski definition) is 1. The van der Waals surface area contributed by atoms with Gasteiger partial charge in [0, 0.05) is 13.8 Å². The smallest absolute Gasteiger partial charge is 0.107 e. The molecule has 1 heterocycles. The lowest BCUT2D eigenvalue weighted by Gasteiger charge is -2.07. The van der Waals surface area contributed by atoms with Crippen molar-refractivity contribution < 1.29 is 0 Å². The van der Waals surface area contributed by atoms with E-state index in [2.05, 4.69) is 44.0 Å². The number of thiophene rings is 1. The van der Waals surface area contributed by atoms with E-state index in [0.29, 0.717) is 0 Å².